The largest absolute Gasteiger partial charge is 0.493 e. The molecule has 9 heteroatoms. The van der Waals surface area contributed by atoms with E-state index >= 15 is 0 Å². The molecule has 0 radical (unpaired) electrons. The van der Waals surface area contributed by atoms with Gasteiger partial charge < -0.3 is 14.8 Å². The number of rotatable bonds is 4. The van der Waals surface area contributed by atoms with Gasteiger partial charge >= 0.3 is 6.18 Å². The molecule has 0 unspecified atom stereocenters. The number of anilines is 2. The number of aromatic nitrogens is 2. The van der Waals surface area contributed by atoms with Crippen LogP contribution in [0, 0.1) is 0 Å². The molecular formula is C17H13ClF3N3O2. The van der Waals surface area contributed by atoms with Gasteiger partial charge in [-0.3, -0.25) is 0 Å². The zero-order valence-electron chi connectivity index (χ0n) is 13.7. The van der Waals surface area contributed by atoms with Crippen LogP contribution in [0.25, 0.3) is 10.9 Å². The molecule has 0 atom stereocenters. The maximum Gasteiger partial charge on any atom is 0.418 e. The van der Waals surface area contributed by atoms with Gasteiger partial charge in [0.15, 0.2) is 11.5 Å². The number of nitrogens with zero attached hydrogens (tertiary/aromatic N) is 2. The topological polar surface area (TPSA) is 56.3 Å². The maximum absolute atomic E-state index is 13.2. The van der Waals surface area contributed by atoms with Gasteiger partial charge in [-0.1, -0.05) is 12.1 Å². The molecule has 3 aromatic rings. The van der Waals surface area contributed by atoms with Crippen molar-refractivity contribution in [2.45, 2.75) is 6.18 Å². The summed E-state index contributed by atoms with van der Waals surface area (Å²) in [7, 11) is 2.91. The predicted molar refractivity (Wildman–Crippen MR) is 92.4 cm³/mol. The zero-order chi connectivity index (χ0) is 18.9. The summed E-state index contributed by atoms with van der Waals surface area (Å²) in [5.74, 6) is 0.923. The second-order valence-electron chi connectivity index (χ2n) is 5.23. The van der Waals surface area contributed by atoms with Gasteiger partial charge in [0.2, 0.25) is 5.28 Å². The Labute approximate surface area is 151 Å². The van der Waals surface area contributed by atoms with Crippen LogP contribution in [0.5, 0.6) is 11.5 Å². The van der Waals surface area contributed by atoms with E-state index in [1.165, 1.54) is 32.4 Å². The van der Waals surface area contributed by atoms with Crippen molar-refractivity contribution < 1.29 is 22.6 Å². The molecule has 0 aliphatic heterocycles. The lowest BCUT2D eigenvalue weighted by Gasteiger charge is -2.16. The Morgan fingerprint density at radius 1 is 1.00 bits per heavy atom. The highest BCUT2D eigenvalue weighted by Gasteiger charge is 2.33. The molecule has 1 N–H and O–H groups in total. The summed E-state index contributed by atoms with van der Waals surface area (Å²) in [5.41, 5.74) is -0.566. The summed E-state index contributed by atoms with van der Waals surface area (Å²) in [6.07, 6.45) is -4.52. The van der Waals surface area contributed by atoms with Crippen molar-refractivity contribution in [2.24, 2.45) is 0 Å². The van der Waals surface area contributed by atoms with Gasteiger partial charge in [0.05, 0.1) is 31.0 Å². The van der Waals surface area contributed by atoms with Crippen molar-refractivity contribution in [3.05, 3.63) is 47.2 Å². The van der Waals surface area contributed by atoms with E-state index < -0.39 is 11.7 Å². The Balaban J connectivity index is 2.17. The highest BCUT2D eigenvalue weighted by atomic mass is 35.5. The van der Waals surface area contributed by atoms with Gasteiger partial charge in [-0.05, 0) is 29.8 Å². The Morgan fingerprint density at radius 3 is 2.31 bits per heavy atom. The fourth-order valence-corrected chi connectivity index (χ4v) is 2.67. The van der Waals surface area contributed by atoms with Crippen LogP contribution in [0.3, 0.4) is 0 Å². The Morgan fingerprint density at radius 2 is 1.65 bits per heavy atom. The molecular weight excluding hydrogens is 371 g/mol. The molecule has 2 aromatic carbocycles. The Bertz CT molecular complexity index is 964. The van der Waals surface area contributed by atoms with E-state index in [-0.39, 0.29) is 16.8 Å². The van der Waals surface area contributed by atoms with Crippen molar-refractivity contribution in [2.75, 3.05) is 19.5 Å². The molecule has 0 saturated carbocycles. The summed E-state index contributed by atoms with van der Waals surface area (Å²) >= 11 is 5.93. The third-order valence-corrected chi connectivity index (χ3v) is 3.83. The average Bonchev–Trinajstić information content (AvgIpc) is 2.60. The number of para-hydroxylation sites is 1. The molecule has 0 saturated heterocycles. The van der Waals surface area contributed by atoms with E-state index in [4.69, 9.17) is 21.1 Å². The quantitative estimate of drug-likeness (QED) is 0.638. The van der Waals surface area contributed by atoms with Crippen molar-refractivity contribution in [1.82, 2.24) is 9.97 Å². The zero-order valence-corrected chi connectivity index (χ0v) is 14.4. The van der Waals surface area contributed by atoms with Crippen LogP contribution in [0.15, 0.2) is 36.4 Å². The number of benzene rings is 2. The summed E-state index contributed by atoms with van der Waals surface area (Å²) < 4.78 is 50.1. The van der Waals surface area contributed by atoms with E-state index in [1.807, 2.05) is 0 Å². The lowest BCUT2D eigenvalue weighted by molar-refractivity contribution is -0.136. The average molecular weight is 384 g/mol. The van der Waals surface area contributed by atoms with Gasteiger partial charge in [0.1, 0.15) is 5.82 Å². The molecule has 0 aliphatic carbocycles. The van der Waals surface area contributed by atoms with Crippen molar-refractivity contribution in [1.29, 1.82) is 0 Å². The smallest absolute Gasteiger partial charge is 0.418 e. The van der Waals surface area contributed by atoms with Crippen LogP contribution < -0.4 is 14.8 Å². The lowest BCUT2D eigenvalue weighted by atomic mass is 10.1. The van der Waals surface area contributed by atoms with Crippen LogP contribution in [-0.2, 0) is 6.18 Å². The van der Waals surface area contributed by atoms with Crippen molar-refractivity contribution in [3.63, 3.8) is 0 Å². The van der Waals surface area contributed by atoms with Crippen LogP contribution >= 0.6 is 11.6 Å². The Kier molecular flexibility index (Phi) is 4.78. The molecule has 1 heterocycles. The fraction of sp³-hybridized carbons (Fsp3) is 0.176. The molecule has 136 valence electrons. The second-order valence-corrected chi connectivity index (χ2v) is 5.57. The number of alkyl halides is 3. The minimum absolute atomic E-state index is 0.114. The SMILES string of the molecule is COc1cc2nc(Cl)nc(Nc3ccccc3C(F)(F)F)c2cc1OC. The predicted octanol–water partition coefficient (Wildman–Crippen LogP) is 5.06. The molecule has 0 spiro atoms. The number of hydrogen-bond donors (Lipinski definition) is 1. The molecule has 0 amide bonds. The minimum Gasteiger partial charge on any atom is -0.493 e. The van der Waals surface area contributed by atoms with Crippen LogP contribution in [-0.4, -0.2) is 24.2 Å². The molecule has 1 aromatic heterocycles. The molecule has 3 rings (SSSR count). The number of hydrogen-bond acceptors (Lipinski definition) is 5. The fourth-order valence-electron chi connectivity index (χ4n) is 2.49. The van der Waals surface area contributed by atoms with Gasteiger partial charge in [-0.25, -0.2) is 4.98 Å². The Hall–Kier alpha value is -2.74. The minimum atomic E-state index is -4.52. The number of ether oxygens (including phenoxy) is 2. The highest BCUT2D eigenvalue weighted by Crippen LogP contribution is 2.38. The summed E-state index contributed by atoms with van der Waals surface area (Å²) in [6.45, 7) is 0. The van der Waals surface area contributed by atoms with Crippen LogP contribution in [0.2, 0.25) is 5.28 Å². The lowest BCUT2D eigenvalue weighted by Crippen LogP contribution is -2.09. The first-order chi connectivity index (χ1) is 12.3. The number of fused-ring (bicyclic) bond motifs is 1. The van der Waals surface area contributed by atoms with Gasteiger partial charge in [0.25, 0.3) is 0 Å². The molecule has 5 nitrogen and oxygen atoms in total. The first kappa shape index (κ1) is 18.1. The molecule has 26 heavy (non-hydrogen) atoms. The van der Waals surface area contributed by atoms with E-state index in [1.54, 1.807) is 12.1 Å². The number of nitrogens with one attached hydrogen (secondary N) is 1. The highest BCUT2D eigenvalue weighted by molar-refractivity contribution is 6.28. The van der Waals surface area contributed by atoms with Gasteiger partial charge in [-0.2, -0.15) is 18.2 Å². The summed E-state index contributed by atoms with van der Waals surface area (Å²) in [6, 6.07) is 8.24. The summed E-state index contributed by atoms with van der Waals surface area (Å²) in [4.78, 5) is 8.12. The first-order valence-corrected chi connectivity index (χ1v) is 7.74. The van der Waals surface area contributed by atoms with Crippen molar-refractivity contribution >= 4 is 34.0 Å². The van der Waals surface area contributed by atoms with Crippen LogP contribution in [0.1, 0.15) is 5.56 Å². The number of methoxy groups -OCH3 is 2. The molecule has 0 bridgehead atoms. The third-order valence-electron chi connectivity index (χ3n) is 3.66. The van der Waals surface area contributed by atoms with Crippen molar-refractivity contribution in [3.8, 4) is 11.5 Å². The van der Waals surface area contributed by atoms with E-state index in [0.29, 0.717) is 22.4 Å². The normalized spacial score (nSPS) is 11.5. The monoisotopic (exact) mass is 383 g/mol. The second kappa shape index (κ2) is 6.87. The number of halogens is 4. The molecule has 0 aliphatic rings. The third kappa shape index (κ3) is 3.45. The summed E-state index contributed by atoms with van der Waals surface area (Å²) in [5, 5.41) is 3.02. The molecule has 0 fully saturated rings. The standard InChI is InChI=1S/C17H13ClF3N3O2/c1-25-13-7-9-12(8-14(13)26-2)23-16(18)24-15(9)22-11-6-4-3-5-10(11)17(19,20)21/h3-8H,1-2H3,(H,22,23,24). The maximum atomic E-state index is 13.2. The van der Waals surface area contributed by atoms with E-state index in [2.05, 4.69) is 15.3 Å². The van der Waals surface area contributed by atoms with Crippen LogP contribution in [0.4, 0.5) is 24.7 Å². The van der Waals surface area contributed by atoms with E-state index in [0.717, 1.165) is 6.07 Å². The van der Waals surface area contributed by atoms with Gasteiger partial charge in [0, 0.05) is 11.5 Å². The van der Waals surface area contributed by atoms with E-state index in [9.17, 15) is 13.2 Å². The first-order valence-electron chi connectivity index (χ1n) is 7.36. The van der Waals surface area contributed by atoms with Gasteiger partial charge in [-0.15, -0.1) is 0 Å².